The van der Waals surface area contributed by atoms with Gasteiger partial charge in [-0.15, -0.1) is 0 Å². The van der Waals surface area contributed by atoms with Gasteiger partial charge in [0, 0.05) is 6.54 Å². The molecule has 138 valence electrons. The minimum atomic E-state index is -4.52. The standard InChI is InChI=1S/C18H16F3NO4/c1-25-15-9-5-3-7-13(15)17(24)26-11-16(23)22-10-12-6-2-4-8-14(12)18(19,20)21/h2-9H,10-11H2,1H3,(H,22,23). The first kappa shape index (κ1) is 19.3. The van der Waals surface area contributed by atoms with Crippen molar-refractivity contribution >= 4 is 11.9 Å². The van der Waals surface area contributed by atoms with E-state index in [1.807, 2.05) is 0 Å². The number of para-hydroxylation sites is 1. The molecule has 0 unspecified atom stereocenters. The zero-order valence-corrected chi connectivity index (χ0v) is 13.8. The molecule has 2 rings (SSSR count). The van der Waals surface area contributed by atoms with Crippen LogP contribution in [0.2, 0.25) is 0 Å². The Morgan fingerprint density at radius 1 is 1.04 bits per heavy atom. The highest BCUT2D eigenvalue weighted by molar-refractivity contribution is 5.93. The lowest BCUT2D eigenvalue weighted by atomic mass is 10.1. The molecule has 0 aromatic heterocycles. The number of halogens is 3. The number of hydrogen-bond donors (Lipinski definition) is 1. The van der Waals surface area contributed by atoms with E-state index in [0.717, 1.165) is 6.07 Å². The van der Waals surface area contributed by atoms with Gasteiger partial charge in [-0.2, -0.15) is 13.2 Å². The van der Waals surface area contributed by atoms with Crippen molar-refractivity contribution in [3.8, 4) is 5.75 Å². The summed E-state index contributed by atoms with van der Waals surface area (Å²) in [6.07, 6.45) is -4.52. The average molecular weight is 367 g/mol. The molecule has 26 heavy (non-hydrogen) atoms. The Kier molecular flexibility index (Phi) is 6.21. The number of carbonyl (C=O) groups is 2. The van der Waals surface area contributed by atoms with Gasteiger partial charge in [-0.25, -0.2) is 4.79 Å². The van der Waals surface area contributed by atoms with Crippen molar-refractivity contribution < 1.29 is 32.2 Å². The first-order valence-electron chi connectivity index (χ1n) is 7.55. The van der Waals surface area contributed by atoms with Crippen LogP contribution < -0.4 is 10.1 Å². The second-order valence-electron chi connectivity index (χ2n) is 5.21. The smallest absolute Gasteiger partial charge is 0.416 e. The number of esters is 1. The van der Waals surface area contributed by atoms with Crippen LogP contribution in [0.25, 0.3) is 0 Å². The van der Waals surface area contributed by atoms with E-state index in [2.05, 4.69) is 5.32 Å². The van der Waals surface area contributed by atoms with Gasteiger partial charge in [-0.05, 0) is 23.8 Å². The number of alkyl halides is 3. The fourth-order valence-electron chi connectivity index (χ4n) is 2.22. The summed E-state index contributed by atoms with van der Waals surface area (Å²) in [7, 11) is 1.39. The van der Waals surface area contributed by atoms with Gasteiger partial charge in [0.25, 0.3) is 5.91 Å². The van der Waals surface area contributed by atoms with E-state index in [-0.39, 0.29) is 23.4 Å². The Balaban J connectivity index is 1.91. The minimum absolute atomic E-state index is 0.0793. The second-order valence-corrected chi connectivity index (χ2v) is 5.21. The van der Waals surface area contributed by atoms with E-state index in [9.17, 15) is 22.8 Å². The van der Waals surface area contributed by atoms with Gasteiger partial charge in [0.2, 0.25) is 0 Å². The lowest BCUT2D eigenvalue weighted by Crippen LogP contribution is -2.29. The highest BCUT2D eigenvalue weighted by Crippen LogP contribution is 2.31. The van der Waals surface area contributed by atoms with Crippen LogP contribution in [0.15, 0.2) is 48.5 Å². The van der Waals surface area contributed by atoms with Crippen molar-refractivity contribution in [1.29, 1.82) is 0 Å². The normalized spacial score (nSPS) is 10.9. The maximum absolute atomic E-state index is 12.9. The Morgan fingerprint density at radius 3 is 2.38 bits per heavy atom. The van der Waals surface area contributed by atoms with E-state index in [0.29, 0.717) is 0 Å². The summed E-state index contributed by atoms with van der Waals surface area (Å²) in [5, 5.41) is 2.30. The van der Waals surface area contributed by atoms with E-state index in [1.54, 1.807) is 18.2 Å². The predicted molar refractivity (Wildman–Crippen MR) is 86.6 cm³/mol. The first-order chi connectivity index (χ1) is 12.3. The van der Waals surface area contributed by atoms with Crippen LogP contribution in [0.1, 0.15) is 21.5 Å². The van der Waals surface area contributed by atoms with Crippen LogP contribution in [-0.2, 0) is 22.3 Å². The topological polar surface area (TPSA) is 64.6 Å². The molecule has 1 amide bonds. The third-order valence-corrected chi connectivity index (χ3v) is 3.46. The van der Waals surface area contributed by atoms with E-state index in [1.165, 1.54) is 31.4 Å². The quantitative estimate of drug-likeness (QED) is 0.797. The number of rotatable bonds is 6. The maximum Gasteiger partial charge on any atom is 0.416 e. The van der Waals surface area contributed by atoms with Crippen molar-refractivity contribution in [3.05, 3.63) is 65.2 Å². The molecule has 0 aliphatic rings. The zero-order valence-electron chi connectivity index (χ0n) is 13.8. The van der Waals surface area contributed by atoms with Gasteiger partial charge in [-0.3, -0.25) is 4.79 Å². The van der Waals surface area contributed by atoms with Gasteiger partial charge in [-0.1, -0.05) is 30.3 Å². The van der Waals surface area contributed by atoms with Crippen LogP contribution >= 0.6 is 0 Å². The molecule has 0 heterocycles. The molecule has 0 bridgehead atoms. The molecule has 0 radical (unpaired) electrons. The molecule has 0 saturated heterocycles. The zero-order chi connectivity index (χ0) is 19.2. The summed E-state index contributed by atoms with van der Waals surface area (Å²) >= 11 is 0. The molecule has 1 N–H and O–H groups in total. The second kappa shape index (κ2) is 8.37. The number of nitrogens with one attached hydrogen (secondary N) is 1. The average Bonchev–Trinajstić information content (AvgIpc) is 2.63. The van der Waals surface area contributed by atoms with Crippen molar-refractivity contribution in [3.63, 3.8) is 0 Å². The number of carbonyl (C=O) groups excluding carboxylic acids is 2. The van der Waals surface area contributed by atoms with Gasteiger partial charge in [0.15, 0.2) is 6.61 Å². The fraction of sp³-hybridized carbons (Fsp3) is 0.222. The Hall–Kier alpha value is -3.03. The van der Waals surface area contributed by atoms with Crippen molar-refractivity contribution in [2.45, 2.75) is 12.7 Å². The van der Waals surface area contributed by atoms with E-state index in [4.69, 9.17) is 9.47 Å². The number of amides is 1. The maximum atomic E-state index is 12.9. The summed E-state index contributed by atoms with van der Waals surface area (Å²) in [5.74, 6) is -1.20. The molecule has 0 fully saturated rings. The summed E-state index contributed by atoms with van der Waals surface area (Å²) in [4.78, 5) is 23.7. The molecule has 0 saturated carbocycles. The first-order valence-corrected chi connectivity index (χ1v) is 7.55. The van der Waals surface area contributed by atoms with Crippen LogP contribution in [0.4, 0.5) is 13.2 Å². The highest BCUT2D eigenvalue weighted by atomic mass is 19.4. The third-order valence-electron chi connectivity index (χ3n) is 3.46. The van der Waals surface area contributed by atoms with Crippen molar-refractivity contribution in [2.75, 3.05) is 13.7 Å². The van der Waals surface area contributed by atoms with Crippen LogP contribution in [-0.4, -0.2) is 25.6 Å². The summed E-state index contributed by atoms with van der Waals surface area (Å²) < 4.78 is 48.6. The van der Waals surface area contributed by atoms with Crippen LogP contribution in [0, 0.1) is 0 Å². The lowest BCUT2D eigenvalue weighted by molar-refractivity contribution is -0.138. The molecule has 0 spiro atoms. The molecule has 0 atom stereocenters. The molecule has 8 heteroatoms. The number of benzene rings is 2. The van der Waals surface area contributed by atoms with Crippen molar-refractivity contribution in [1.82, 2.24) is 5.32 Å². The summed E-state index contributed by atoms with van der Waals surface area (Å²) in [5.41, 5.74) is -0.763. The number of hydrogen-bond acceptors (Lipinski definition) is 4. The fourth-order valence-corrected chi connectivity index (χ4v) is 2.22. The van der Waals surface area contributed by atoms with E-state index >= 15 is 0 Å². The largest absolute Gasteiger partial charge is 0.496 e. The molecule has 5 nitrogen and oxygen atoms in total. The van der Waals surface area contributed by atoms with Crippen molar-refractivity contribution in [2.24, 2.45) is 0 Å². The lowest BCUT2D eigenvalue weighted by Gasteiger charge is -2.13. The SMILES string of the molecule is COc1ccccc1C(=O)OCC(=O)NCc1ccccc1C(F)(F)F. The molecule has 0 aliphatic carbocycles. The molecule has 2 aromatic rings. The predicted octanol–water partition coefficient (Wildman–Crippen LogP) is 3.19. The van der Waals surface area contributed by atoms with Gasteiger partial charge in [0.05, 0.1) is 12.7 Å². The van der Waals surface area contributed by atoms with Gasteiger partial charge < -0.3 is 14.8 Å². The monoisotopic (exact) mass is 367 g/mol. The third kappa shape index (κ3) is 4.98. The van der Waals surface area contributed by atoms with Gasteiger partial charge >= 0.3 is 12.1 Å². The summed E-state index contributed by atoms with van der Waals surface area (Å²) in [6.45, 7) is -0.953. The number of ether oxygens (including phenoxy) is 2. The highest BCUT2D eigenvalue weighted by Gasteiger charge is 2.32. The van der Waals surface area contributed by atoms with E-state index < -0.39 is 30.2 Å². The molecule has 0 aliphatic heterocycles. The van der Waals surface area contributed by atoms with Crippen LogP contribution in [0.3, 0.4) is 0 Å². The van der Waals surface area contributed by atoms with Crippen LogP contribution in [0.5, 0.6) is 5.75 Å². The Labute approximate surface area is 147 Å². The minimum Gasteiger partial charge on any atom is -0.496 e. The number of methoxy groups -OCH3 is 1. The molecule has 2 aromatic carbocycles. The molecular weight excluding hydrogens is 351 g/mol. The Bertz CT molecular complexity index is 790. The molecular formula is C18H16F3NO4. The van der Waals surface area contributed by atoms with Gasteiger partial charge in [0.1, 0.15) is 11.3 Å². The Morgan fingerprint density at radius 2 is 1.69 bits per heavy atom. The summed E-state index contributed by atoms with van der Waals surface area (Å²) in [6, 6.07) is 11.2.